The summed E-state index contributed by atoms with van der Waals surface area (Å²) in [5.74, 6) is 1.00. The van der Waals surface area contributed by atoms with Gasteiger partial charge in [-0.15, -0.1) is 24.0 Å². The highest BCUT2D eigenvalue weighted by Gasteiger charge is 2.23. The number of sulfone groups is 1. The average Bonchev–Trinajstić information content (AvgIpc) is 3.21. The van der Waals surface area contributed by atoms with Gasteiger partial charge in [0.25, 0.3) is 0 Å². The molecule has 0 radical (unpaired) electrons. The Kier molecular flexibility index (Phi) is 10.8. The highest BCUT2D eigenvalue weighted by molar-refractivity contribution is 14.0. The van der Waals surface area contributed by atoms with Crippen molar-refractivity contribution in [1.82, 2.24) is 10.6 Å². The summed E-state index contributed by atoms with van der Waals surface area (Å²) in [6.45, 7) is 7.33. The van der Waals surface area contributed by atoms with E-state index in [-0.39, 0.29) is 35.5 Å². The number of anilines is 1. The Bertz CT molecular complexity index is 950. The fraction of sp³-hybridized carbons (Fsp3) is 0.458. The molecule has 0 spiro atoms. The lowest BCUT2D eigenvalue weighted by atomic mass is 10.2. The Balaban J connectivity index is 0.00000363. The average molecular weight is 571 g/mol. The lowest BCUT2D eigenvalue weighted by Crippen LogP contribution is -2.44. The first-order valence-electron chi connectivity index (χ1n) is 11.1. The molecule has 0 aliphatic carbocycles. The lowest BCUT2D eigenvalue weighted by Gasteiger charge is -2.20. The zero-order valence-corrected chi connectivity index (χ0v) is 22.1. The second kappa shape index (κ2) is 13.0. The first-order valence-corrected chi connectivity index (χ1v) is 12.9. The van der Waals surface area contributed by atoms with E-state index in [0.29, 0.717) is 19.0 Å². The maximum Gasteiger partial charge on any atom is 0.191 e. The van der Waals surface area contributed by atoms with E-state index in [2.05, 4.69) is 51.7 Å². The number of aliphatic imine (C=N–C) groups is 1. The minimum Gasteiger partial charge on any atom is -0.369 e. The second-order valence-electron chi connectivity index (χ2n) is 8.10. The molecule has 8 heteroatoms. The third-order valence-corrected chi connectivity index (χ3v) is 7.07. The summed E-state index contributed by atoms with van der Waals surface area (Å²) in [5, 5.41) is 6.79. The van der Waals surface area contributed by atoms with Gasteiger partial charge in [0.15, 0.2) is 15.8 Å². The molecule has 0 bridgehead atoms. The van der Waals surface area contributed by atoms with Crippen LogP contribution < -0.4 is 15.5 Å². The van der Waals surface area contributed by atoms with Crippen LogP contribution in [0.5, 0.6) is 0 Å². The molecule has 0 aromatic heterocycles. The first-order chi connectivity index (χ1) is 14.9. The van der Waals surface area contributed by atoms with Gasteiger partial charge in [-0.2, -0.15) is 0 Å². The number of benzene rings is 2. The van der Waals surface area contributed by atoms with Crippen molar-refractivity contribution in [2.45, 2.75) is 38.5 Å². The molecule has 2 aromatic rings. The van der Waals surface area contributed by atoms with Crippen molar-refractivity contribution in [3.05, 3.63) is 65.7 Å². The third kappa shape index (κ3) is 8.61. The first kappa shape index (κ1) is 26.4. The van der Waals surface area contributed by atoms with Gasteiger partial charge in [-0.05, 0) is 44.4 Å². The standard InChI is InChI=1S/C24H34N4O2S.HI/c1-3-25-24(26-15-7-17-31(29,30)19-21-8-5-4-6-9-21)27-22-14-16-28(18-22)23-12-10-20(2)11-13-23;/h4-6,8-13,22H,3,7,14-19H2,1-2H3,(H2,25,26,27);1H. The van der Waals surface area contributed by atoms with E-state index in [4.69, 9.17) is 0 Å². The highest BCUT2D eigenvalue weighted by Crippen LogP contribution is 2.20. The van der Waals surface area contributed by atoms with Crippen molar-refractivity contribution in [2.24, 2.45) is 4.99 Å². The van der Waals surface area contributed by atoms with Gasteiger partial charge in [0.2, 0.25) is 0 Å². The SMILES string of the molecule is CCNC(=NCCCS(=O)(=O)Cc1ccccc1)NC1CCN(c2ccc(C)cc2)C1.I. The Morgan fingerprint density at radius 2 is 1.84 bits per heavy atom. The smallest absolute Gasteiger partial charge is 0.191 e. The normalized spacial score (nSPS) is 16.5. The fourth-order valence-corrected chi connectivity index (χ4v) is 5.17. The minimum atomic E-state index is -3.13. The molecule has 0 amide bonds. The molecule has 1 heterocycles. The summed E-state index contributed by atoms with van der Waals surface area (Å²) >= 11 is 0. The second-order valence-corrected chi connectivity index (χ2v) is 10.3. The van der Waals surface area contributed by atoms with Crippen molar-refractivity contribution in [1.29, 1.82) is 0 Å². The molecule has 32 heavy (non-hydrogen) atoms. The molecule has 176 valence electrons. The fourth-order valence-electron chi connectivity index (χ4n) is 3.76. The van der Waals surface area contributed by atoms with Crippen molar-refractivity contribution in [3.8, 4) is 0 Å². The van der Waals surface area contributed by atoms with Crippen LogP contribution in [0.4, 0.5) is 5.69 Å². The van der Waals surface area contributed by atoms with Gasteiger partial charge in [-0.1, -0.05) is 48.0 Å². The van der Waals surface area contributed by atoms with Gasteiger partial charge in [0.1, 0.15) is 0 Å². The largest absolute Gasteiger partial charge is 0.369 e. The number of aryl methyl sites for hydroxylation is 1. The summed E-state index contributed by atoms with van der Waals surface area (Å²) in [6, 6.07) is 18.3. The van der Waals surface area contributed by atoms with Crippen LogP contribution >= 0.6 is 24.0 Å². The highest BCUT2D eigenvalue weighted by atomic mass is 127. The van der Waals surface area contributed by atoms with Gasteiger partial charge >= 0.3 is 0 Å². The predicted octanol–water partition coefficient (Wildman–Crippen LogP) is 3.75. The summed E-state index contributed by atoms with van der Waals surface area (Å²) in [4.78, 5) is 6.99. The minimum absolute atomic E-state index is 0. The Labute approximate surface area is 209 Å². The van der Waals surface area contributed by atoms with Crippen molar-refractivity contribution in [3.63, 3.8) is 0 Å². The van der Waals surface area contributed by atoms with Crippen molar-refractivity contribution < 1.29 is 8.42 Å². The Hall–Kier alpha value is -1.81. The van der Waals surface area contributed by atoms with Gasteiger partial charge in [0, 0.05) is 37.9 Å². The van der Waals surface area contributed by atoms with Crippen LogP contribution in [0.15, 0.2) is 59.6 Å². The maximum absolute atomic E-state index is 12.4. The molecule has 6 nitrogen and oxygen atoms in total. The van der Waals surface area contributed by atoms with Crippen LogP contribution in [0.2, 0.25) is 0 Å². The van der Waals surface area contributed by atoms with E-state index >= 15 is 0 Å². The number of nitrogens with zero attached hydrogens (tertiary/aromatic N) is 2. The van der Waals surface area contributed by atoms with E-state index in [1.165, 1.54) is 11.3 Å². The van der Waals surface area contributed by atoms with E-state index in [1.807, 2.05) is 37.3 Å². The number of rotatable bonds is 9. The molecule has 0 saturated carbocycles. The number of hydrogen-bond donors (Lipinski definition) is 2. The number of halogens is 1. The van der Waals surface area contributed by atoms with Crippen LogP contribution in [-0.4, -0.2) is 52.4 Å². The van der Waals surface area contributed by atoms with Crippen LogP contribution in [0.3, 0.4) is 0 Å². The molecule has 1 saturated heterocycles. The number of nitrogens with one attached hydrogen (secondary N) is 2. The van der Waals surface area contributed by atoms with E-state index in [1.54, 1.807) is 0 Å². The topological polar surface area (TPSA) is 73.8 Å². The van der Waals surface area contributed by atoms with Crippen molar-refractivity contribution in [2.75, 3.05) is 36.8 Å². The van der Waals surface area contributed by atoms with Gasteiger partial charge in [0.05, 0.1) is 11.5 Å². The predicted molar refractivity (Wildman–Crippen MR) is 145 cm³/mol. The van der Waals surface area contributed by atoms with Crippen LogP contribution in [-0.2, 0) is 15.6 Å². The molecule has 2 aromatic carbocycles. The lowest BCUT2D eigenvalue weighted by molar-refractivity contribution is 0.592. The van der Waals surface area contributed by atoms with Gasteiger partial charge in [-0.25, -0.2) is 8.42 Å². The van der Waals surface area contributed by atoms with Crippen LogP contribution in [0, 0.1) is 6.92 Å². The van der Waals surface area contributed by atoms with Crippen LogP contribution in [0.25, 0.3) is 0 Å². The molecule has 1 unspecified atom stereocenters. The summed E-state index contributed by atoms with van der Waals surface area (Å²) in [7, 11) is -3.13. The zero-order chi connectivity index (χ0) is 22.1. The molecule has 2 N–H and O–H groups in total. The van der Waals surface area contributed by atoms with E-state index in [9.17, 15) is 8.42 Å². The van der Waals surface area contributed by atoms with Gasteiger partial charge < -0.3 is 15.5 Å². The Morgan fingerprint density at radius 1 is 1.12 bits per heavy atom. The Morgan fingerprint density at radius 3 is 2.53 bits per heavy atom. The molecular formula is C24H35IN4O2S. The van der Waals surface area contributed by atoms with Crippen molar-refractivity contribution >= 4 is 45.5 Å². The van der Waals surface area contributed by atoms with Gasteiger partial charge in [-0.3, -0.25) is 4.99 Å². The van der Waals surface area contributed by atoms with E-state index < -0.39 is 9.84 Å². The monoisotopic (exact) mass is 570 g/mol. The van der Waals surface area contributed by atoms with Crippen LogP contribution in [0.1, 0.15) is 30.9 Å². The molecule has 1 aliphatic heterocycles. The molecular weight excluding hydrogens is 535 g/mol. The molecule has 1 fully saturated rings. The quantitative estimate of drug-likeness (QED) is 0.208. The number of guanidine groups is 1. The molecule has 1 atom stereocenters. The zero-order valence-electron chi connectivity index (χ0n) is 19.0. The van der Waals surface area contributed by atoms with E-state index in [0.717, 1.165) is 37.6 Å². The molecule has 1 aliphatic rings. The maximum atomic E-state index is 12.4. The third-order valence-electron chi connectivity index (χ3n) is 5.39. The molecule has 3 rings (SSSR count). The summed E-state index contributed by atoms with van der Waals surface area (Å²) in [6.07, 6.45) is 1.57. The number of hydrogen-bond acceptors (Lipinski definition) is 4. The summed E-state index contributed by atoms with van der Waals surface area (Å²) < 4.78 is 24.7. The summed E-state index contributed by atoms with van der Waals surface area (Å²) in [5.41, 5.74) is 3.35.